The van der Waals surface area contributed by atoms with Gasteiger partial charge in [-0.25, -0.2) is 9.18 Å². The number of rotatable bonds is 8. The van der Waals surface area contributed by atoms with Crippen LogP contribution in [0.3, 0.4) is 0 Å². The van der Waals surface area contributed by atoms with Gasteiger partial charge in [0.05, 0.1) is 6.61 Å². The maximum Gasteiger partial charge on any atom is 0.405 e. The molecule has 1 aromatic heterocycles. The highest BCUT2D eigenvalue weighted by Crippen LogP contribution is 2.47. The molecule has 31 heavy (non-hydrogen) atoms. The minimum absolute atomic E-state index is 0.125. The van der Waals surface area contributed by atoms with Gasteiger partial charge in [0.2, 0.25) is 11.7 Å². The summed E-state index contributed by atoms with van der Waals surface area (Å²) >= 11 is 0. The van der Waals surface area contributed by atoms with Crippen molar-refractivity contribution in [2.45, 2.75) is 18.0 Å². The molecule has 1 aliphatic rings. The van der Waals surface area contributed by atoms with Gasteiger partial charge < -0.3 is 24.8 Å². The number of benzene rings is 1. The molecule has 1 unspecified atom stereocenters. The molecule has 2 N–H and O–H groups in total. The number of aromatic nitrogens is 2. The number of urea groups is 1. The molecule has 0 radical (unpaired) electrons. The molecule has 1 saturated heterocycles. The van der Waals surface area contributed by atoms with E-state index in [0.717, 1.165) is 11.0 Å². The Morgan fingerprint density at radius 3 is 2.84 bits per heavy atom. The summed E-state index contributed by atoms with van der Waals surface area (Å²) in [6.45, 7) is 1.04. The molecule has 0 spiro atoms. The van der Waals surface area contributed by atoms with E-state index in [4.69, 9.17) is 9.26 Å². The first-order valence-electron chi connectivity index (χ1n) is 9.66. The Labute approximate surface area is 175 Å². The Morgan fingerprint density at radius 2 is 2.13 bits per heavy atom. The monoisotopic (exact) mass is 445 g/mol. The molecule has 1 aromatic carbocycles. The molecule has 0 bridgehead atoms. The summed E-state index contributed by atoms with van der Waals surface area (Å²) in [5.74, 6) is -1.37. The van der Waals surface area contributed by atoms with Gasteiger partial charge in [-0.05, 0) is 18.6 Å². The van der Waals surface area contributed by atoms with Crippen LogP contribution in [0.25, 0.3) is 11.4 Å². The summed E-state index contributed by atoms with van der Waals surface area (Å²) < 4.78 is 65.5. The van der Waals surface area contributed by atoms with Crippen LogP contribution in [0.2, 0.25) is 0 Å². The standard InChI is InChI=1S/C19H23F4N5O3/c1-30-10-8-24-6-7-25-17(29)28-9-5-18(12-28,19(21,22)23)16-26-15(27-31-16)13-3-2-4-14(20)11-13/h2-4,11,24H,5-10,12H2,1H3,(H,25,29). The minimum Gasteiger partial charge on any atom is -0.383 e. The summed E-state index contributed by atoms with van der Waals surface area (Å²) in [6, 6.07) is 4.55. The fourth-order valence-corrected chi connectivity index (χ4v) is 3.34. The maximum absolute atomic E-state index is 14.1. The van der Waals surface area contributed by atoms with Crippen LogP contribution < -0.4 is 10.6 Å². The largest absolute Gasteiger partial charge is 0.405 e. The van der Waals surface area contributed by atoms with Crippen LogP contribution in [0.4, 0.5) is 22.4 Å². The van der Waals surface area contributed by atoms with Crippen LogP contribution in [0.5, 0.6) is 0 Å². The number of hydrogen-bond acceptors (Lipinski definition) is 6. The molecular formula is C19H23F4N5O3. The molecule has 3 rings (SSSR count). The lowest BCUT2D eigenvalue weighted by atomic mass is 9.86. The summed E-state index contributed by atoms with van der Waals surface area (Å²) in [7, 11) is 1.56. The van der Waals surface area contributed by atoms with E-state index in [9.17, 15) is 22.4 Å². The van der Waals surface area contributed by atoms with E-state index < -0.39 is 42.3 Å². The number of hydrogen-bond donors (Lipinski definition) is 2. The van der Waals surface area contributed by atoms with Gasteiger partial charge in [0.25, 0.3) is 0 Å². The van der Waals surface area contributed by atoms with E-state index in [2.05, 4.69) is 20.8 Å². The highest BCUT2D eigenvalue weighted by molar-refractivity contribution is 5.74. The van der Waals surface area contributed by atoms with Gasteiger partial charge in [-0.15, -0.1) is 0 Å². The summed E-state index contributed by atoms with van der Waals surface area (Å²) in [5, 5.41) is 9.21. The SMILES string of the molecule is COCCNCCNC(=O)N1CCC(c2nc(-c3cccc(F)c3)no2)(C(F)(F)F)C1. The van der Waals surface area contributed by atoms with Crippen LogP contribution in [0.15, 0.2) is 28.8 Å². The highest BCUT2D eigenvalue weighted by atomic mass is 19.4. The van der Waals surface area contributed by atoms with E-state index in [0.29, 0.717) is 19.7 Å². The van der Waals surface area contributed by atoms with E-state index in [1.54, 1.807) is 7.11 Å². The van der Waals surface area contributed by atoms with E-state index in [1.807, 2.05) is 0 Å². The van der Waals surface area contributed by atoms with Crippen molar-refractivity contribution in [3.05, 3.63) is 36.0 Å². The first-order chi connectivity index (χ1) is 14.8. The van der Waals surface area contributed by atoms with E-state index >= 15 is 0 Å². The number of carbonyl (C=O) groups excluding carboxylic acids is 1. The second-order valence-electron chi connectivity index (χ2n) is 7.16. The lowest BCUT2D eigenvalue weighted by molar-refractivity contribution is -0.193. The molecule has 8 nitrogen and oxygen atoms in total. The third-order valence-electron chi connectivity index (χ3n) is 5.08. The number of amides is 2. The Bertz CT molecular complexity index is 891. The zero-order valence-corrected chi connectivity index (χ0v) is 16.8. The fraction of sp³-hybridized carbons (Fsp3) is 0.526. The molecule has 2 amide bonds. The highest BCUT2D eigenvalue weighted by Gasteiger charge is 2.63. The Morgan fingerprint density at radius 1 is 1.32 bits per heavy atom. The molecule has 1 atom stereocenters. The van der Waals surface area contributed by atoms with Crippen molar-refractivity contribution >= 4 is 6.03 Å². The van der Waals surface area contributed by atoms with Crippen LogP contribution in [-0.4, -0.2) is 73.7 Å². The molecule has 170 valence electrons. The summed E-state index contributed by atoms with van der Waals surface area (Å²) in [6.07, 6.45) is -5.14. The van der Waals surface area contributed by atoms with Crippen molar-refractivity contribution in [3.8, 4) is 11.4 Å². The quantitative estimate of drug-likeness (QED) is 0.479. The third kappa shape index (κ3) is 5.13. The number of nitrogens with zero attached hydrogens (tertiary/aromatic N) is 3. The maximum atomic E-state index is 14.1. The average Bonchev–Trinajstić information content (AvgIpc) is 3.38. The number of nitrogens with one attached hydrogen (secondary N) is 2. The van der Waals surface area contributed by atoms with Crippen molar-refractivity contribution in [2.24, 2.45) is 0 Å². The van der Waals surface area contributed by atoms with E-state index in [1.165, 1.54) is 18.2 Å². The lowest BCUT2D eigenvalue weighted by Gasteiger charge is -2.28. The van der Waals surface area contributed by atoms with Crippen molar-refractivity contribution in [1.82, 2.24) is 25.7 Å². The molecule has 0 aliphatic carbocycles. The summed E-state index contributed by atoms with van der Waals surface area (Å²) in [5.41, 5.74) is -2.29. The van der Waals surface area contributed by atoms with Gasteiger partial charge in [-0.2, -0.15) is 18.2 Å². The fourth-order valence-electron chi connectivity index (χ4n) is 3.34. The van der Waals surface area contributed by atoms with Crippen LogP contribution in [0, 0.1) is 5.82 Å². The average molecular weight is 445 g/mol. The van der Waals surface area contributed by atoms with Gasteiger partial charge in [0, 0.05) is 45.4 Å². The Hall–Kier alpha value is -2.73. The molecular weight excluding hydrogens is 422 g/mol. The second-order valence-corrected chi connectivity index (χ2v) is 7.16. The zero-order chi connectivity index (χ0) is 22.5. The first-order valence-corrected chi connectivity index (χ1v) is 9.66. The van der Waals surface area contributed by atoms with Gasteiger partial charge in [-0.1, -0.05) is 17.3 Å². The molecule has 2 aromatic rings. The van der Waals surface area contributed by atoms with Crippen molar-refractivity contribution < 1.29 is 31.6 Å². The van der Waals surface area contributed by atoms with Gasteiger partial charge in [0.1, 0.15) is 5.82 Å². The minimum atomic E-state index is -4.73. The van der Waals surface area contributed by atoms with Crippen LogP contribution in [0.1, 0.15) is 12.3 Å². The summed E-state index contributed by atoms with van der Waals surface area (Å²) in [4.78, 5) is 17.3. The predicted molar refractivity (Wildman–Crippen MR) is 102 cm³/mol. The van der Waals surface area contributed by atoms with Gasteiger partial charge >= 0.3 is 12.2 Å². The number of carbonyl (C=O) groups is 1. The van der Waals surface area contributed by atoms with Crippen LogP contribution >= 0.6 is 0 Å². The van der Waals surface area contributed by atoms with Crippen molar-refractivity contribution in [1.29, 1.82) is 0 Å². The van der Waals surface area contributed by atoms with Crippen molar-refractivity contribution in [3.63, 3.8) is 0 Å². The van der Waals surface area contributed by atoms with Gasteiger partial charge in [0.15, 0.2) is 5.41 Å². The smallest absolute Gasteiger partial charge is 0.383 e. The zero-order valence-electron chi connectivity index (χ0n) is 16.8. The van der Waals surface area contributed by atoms with Crippen molar-refractivity contribution in [2.75, 3.05) is 46.4 Å². The number of methoxy groups -OCH3 is 1. The predicted octanol–water partition coefficient (Wildman–Crippen LogP) is 2.33. The molecule has 12 heteroatoms. The van der Waals surface area contributed by atoms with Crippen LogP contribution in [-0.2, 0) is 10.2 Å². The molecule has 1 aliphatic heterocycles. The number of ether oxygens (including phenoxy) is 1. The topological polar surface area (TPSA) is 92.5 Å². The van der Waals surface area contributed by atoms with E-state index in [-0.39, 0.29) is 24.5 Å². The molecule has 2 heterocycles. The Kier molecular flexibility index (Phi) is 7.11. The molecule has 1 fully saturated rings. The normalized spacial score (nSPS) is 19.1. The number of likely N-dealkylation sites (tertiary alicyclic amines) is 1. The number of alkyl halides is 3. The van der Waals surface area contributed by atoms with Gasteiger partial charge in [-0.3, -0.25) is 0 Å². The third-order valence-corrected chi connectivity index (χ3v) is 5.08. The number of halogens is 4. The second kappa shape index (κ2) is 9.60. The Balaban J connectivity index is 1.70. The first kappa shape index (κ1) is 22.9. The molecule has 0 saturated carbocycles. The lowest BCUT2D eigenvalue weighted by Crippen LogP contribution is -2.48.